The molecule has 0 aliphatic carbocycles. The van der Waals surface area contributed by atoms with Crippen LogP contribution in [-0.4, -0.2) is 47.2 Å². The topological polar surface area (TPSA) is 110 Å². The lowest BCUT2D eigenvalue weighted by Gasteiger charge is -2.21. The van der Waals surface area contributed by atoms with Crippen molar-refractivity contribution in [2.45, 2.75) is 25.4 Å². The lowest BCUT2D eigenvalue weighted by Crippen LogP contribution is -2.31. The number of nitrogens with zero attached hydrogens (tertiary/aromatic N) is 3. The molecule has 1 saturated heterocycles. The fourth-order valence-corrected chi connectivity index (χ4v) is 2.79. The number of benzene rings is 1. The predicted molar refractivity (Wildman–Crippen MR) is 92.2 cm³/mol. The Morgan fingerprint density at radius 2 is 2.19 bits per heavy atom. The van der Waals surface area contributed by atoms with Crippen LogP contribution in [-0.2, 0) is 16.1 Å². The summed E-state index contributed by atoms with van der Waals surface area (Å²) in [5, 5.41) is 9.26. The SMILES string of the molecule is COCCN1C(=O)CC[C@H]1c1nc(CNC(=O)Nc2ccccc2)no1. The van der Waals surface area contributed by atoms with Crippen molar-refractivity contribution in [3.63, 3.8) is 0 Å². The molecule has 26 heavy (non-hydrogen) atoms. The van der Waals surface area contributed by atoms with Gasteiger partial charge in [-0.15, -0.1) is 0 Å². The van der Waals surface area contributed by atoms with Gasteiger partial charge in [0.25, 0.3) is 0 Å². The molecule has 0 bridgehead atoms. The minimum atomic E-state index is -0.361. The van der Waals surface area contributed by atoms with Gasteiger partial charge in [0.05, 0.1) is 13.2 Å². The molecule has 0 spiro atoms. The van der Waals surface area contributed by atoms with Gasteiger partial charge in [0.1, 0.15) is 6.04 Å². The average molecular weight is 359 g/mol. The zero-order valence-corrected chi connectivity index (χ0v) is 14.5. The number of likely N-dealkylation sites (tertiary alicyclic amines) is 1. The third kappa shape index (κ3) is 4.37. The summed E-state index contributed by atoms with van der Waals surface area (Å²) in [6, 6.07) is 8.51. The van der Waals surface area contributed by atoms with Crippen LogP contribution in [0.5, 0.6) is 0 Å². The van der Waals surface area contributed by atoms with E-state index < -0.39 is 0 Å². The maximum Gasteiger partial charge on any atom is 0.319 e. The van der Waals surface area contributed by atoms with Crippen molar-refractivity contribution in [2.24, 2.45) is 0 Å². The number of hydrogen-bond donors (Lipinski definition) is 2. The number of methoxy groups -OCH3 is 1. The molecule has 9 nitrogen and oxygen atoms in total. The van der Waals surface area contributed by atoms with E-state index in [2.05, 4.69) is 20.8 Å². The Morgan fingerprint density at radius 3 is 2.96 bits per heavy atom. The van der Waals surface area contributed by atoms with Crippen LogP contribution in [0.1, 0.15) is 30.6 Å². The Bertz CT molecular complexity index is 749. The summed E-state index contributed by atoms with van der Waals surface area (Å²) in [7, 11) is 1.59. The Balaban J connectivity index is 1.54. The molecule has 0 radical (unpaired) electrons. The number of para-hydroxylation sites is 1. The molecule has 2 aromatic rings. The number of carbonyl (C=O) groups is 2. The van der Waals surface area contributed by atoms with Crippen LogP contribution < -0.4 is 10.6 Å². The molecule has 1 fully saturated rings. The van der Waals surface area contributed by atoms with Gasteiger partial charge in [0.2, 0.25) is 11.8 Å². The Labute approximate surface area is 150 Å². The van der Waals surface area contributed by atoms with Crippen LogP contribution in [0.15, 0.2) is 34.9 Å². The first kappa shape index (κ1) is 17.9. The molecular formula is C17H21N5O4. The maximum atomic E-state index is 12.0. The van der Waals surface area contributed by atoms with Crippen molar-refractivity contribution in [3.05, 3.63) is 42.0 Å². The molecule has 1 aromatic heterocycles. The zero-order valence-electron chi connectivity index (χ0n) is 14.5. The van der Waals surface area contributed by atoms with Crippen molar-refractivity contribution in [1.29, 1.82) is 0 Å². The van der Waals surface area contributed by atoms with Crippen LogP contribution in [0.2, 0.25) is 0 Å². The van der Waals surface area contributed by atoms with Crippen LogP contribution in [0, 0.1) is 0 Å². The smallest absolute Gasteiger partial charge is 0.319 e. The van der Waals surface area contributed by atoms with Crippen LogP contribution in [0.3, 0.4) is 0 Å². The van der Waals surface area contributed by atoms with Gasteiger partial charge >= 0.3 is 6.03 Å². The molecule has 1 aliphatic rings. The predicted octanol–water partition coefficient (Wildman–Crippen LogP) is 1.70. The van der Waals surface area contributed by atoms with E-state index in [0.29, 0.717) is 43.4 Å². The first-order chi connectivity index (χ1) is 12.7. The largest absolute Gasteiger partial charge is 0.383 e. The van der Waals surface area contributed by atoms with E-state index in [0.717, 1.165) is 0 Å². The van der Waals surface area contributed by atoms with E-state index in [1.165, 1.54) is 0 Å². The van der Waals surface area contributed by atoms with Crippen molar-refractivity contribution in [1.82, 2.24) is 20.4 Å². The van der Waals surface area contributed by atoms with Gasteiger partial charge in [-0.05, 0) is 18.6 Å². The highest BCUT2D eigenvalue weighted by molar-refractivity contribution is 5.89. The van der Waals surface area contributed by atoms with Gasteiger partial charge < -0.3 is 24.8 Å². The zero-order chi connectivity index (χ0) is 18.4. The fourth-order valence-electron chi connectivity index (χ4n) is 2.79. The molecule has 138 valence electrons. The van der Waals surface area contributed by atoms with E-state index in [-0.39, 0.29) is 24.5 Å². The van der Waals surface area contributed by atoms with Crippen LogP contribution in [0.25, 0.3) is 0 Å². The van der Waals surface area contributed by atoms with Crippen molar-refractivity contribution in [2.75, 3.05) is 25.6 Å². The monoisotopic (exact) mass is 359 g/mol. The molecule has 1 atom stereocenters. The van der Waals surface area contributed by atoms with Gasteiger partial charge in [-0.2, -0.15) is 4.98 Å². The minimum Gasteiger partial charge on any atom is -0.383 e. The van der Waals surface area contributed by atoms with Crippen molar-refractivity contribution >= 4 is 17.6 Å². The number of ether oxygens (including phenoxy) is 1. The second-order valence-electron chi connectivity index (χ2n) is 5.86. The second-order valence-corrected chi connectivity index (χ2v) is 5.86. The number of hydrogen-bond acceptors (Lipinski definition) is 6. The van der Waals surface area contributed by atoms with E-state index in [4.69, 9.17) is 9.26 Å². The van der Waals surface area contributed by atoms with Gasteiger partial charge in [-0.1, -0.05) is 23.4 Å². The van der Waals surface area contributed by atoms with Crippen molar-refractivity contribution < 1.29 is 18.8 Å². The van der Waals surface area contributed by atoms with Crippen LogP contribution >= 0.6 is 0 Å². The highest BCUT2D eigenvalue weighted by Gasteiger charge is 2.35. The number of nitrogens with one attached hydrogen (secondary N) is 2. The van der Waals surface area contributed by atoms with Gasteiger partial charge in [0, 0.05) is 25.8 Å². The number of urea groups is 1. The summed E-state index contributed by atoms with van der Waals surface area (Å²) in [6.07, 6.45) is 1.08. The maximum absolute atomic E-state index is 12.0. The normalized spacial score (nSPS) is 16.7. The van der Waals surface area contributed by atoms with Gasteiger partial charge in [-0.3, -0.25) is 4.79 Å². The second kappa shape index (κ2) is 8.43. The number of anilines is 1. The average Bonchev–Trinajstić information content (AvgIpc) is 3.25. The Hall–Kier alpha value is -2.94. The lowest BCUT2D eigenvalue weighted by molar-refractivity contribution is -0.130. The first-order valence-corrected chi connectivity index (χ1v) is 8.38. The molecule has 3 rings (SSSR count). The summed E-state index contributed by atoms with van der Waals surface area (Å²) in [6.45, 7) is 1.06. The summed E-state index contributed by atoms with van der Waals surface area (Å²) >= 11 is 0. The number of aromatic nitrogens is 2. The molecule has 1 aromatic carbocycles. The van der Waals surface area contributed by atoms with Gasteiger partial charge in [0.15, 0.2) is 5.82 Å². The van der Waals surface area contributed by atoms with Crippen LogP contribution in [0.4, 0.5) is 10.5 Å². The molecule has 0 unspecified atom stereocenters. The standard InChI is InChI=1S/C17H21N5O4/c1-25-10-9-22-13(7-8-15(22)23)16-20-14(21-26-16)11-18-17(24)19-12-5-3-2-4-6-12/h2-6,13H,7-11H2,1H3,(H2,18,19,24)/t13-/m0/s1. The third-order valence-electron chi connectivity index (χ3n) is 4.07. The summed E-state index contributed by atoms with van der Waals surface area (Å²) in [4.78, 5) is 29.9. The number of carbonyl (C=O) groups excluding carboxylic acids is 2. The van der Waals surface area contributed by atoms with Gasteiger partial charge in [-0.25, -0.2) is 4.79 Å². The first-order valence-electron chi connectivity index (χ1n) is 8.38. The Morgan fingerprint density at radius 1 is 1.38 bits per heavy atom. The quantitative estimate of drug-likeness (QED) is 0.779. The molecule has 9 heteroatoms. The molecular weight excluding hydrogens is 338 g/mol. The minimum absolute atomic E-state index is 0.0483. The number of rotatable bonds is 7. The summed E-state index contributed by atoms with van der Waals surface area (Å²) in [5.74, 6) is 0.786. The molecule has 2 heterocycles. The van der Waals surface area contributed by atoms with E-state index in [1.54, 1.807) is 24.1 Å². The molecule has 0 saturated carbocycles. The molecule has 2 N–H and O–H groups in total. The fraction of sp³-hybridized carbons (Fsp3) is 0.412. The Kier molecular flexibility index (Phi) is 5.80. The molecule has 3 amide bonds. The highest BCUT2D eigenvalue weighted by Crippen LogP contribution is 2.31. The van der Waals surface area contributed by atoms with E-state index >= 15 is 0 Å². The molecule has 1 aliphatic heterocycles. The van der Waals surface area contributed by atoms with E-state index in [1.807, 2.05) is 18.2 Å². The lowest BCUT2D eigenvalue weighted by atomic mass is 10.2. The summed E-state index contributed by atoms with van der Waals surface area (Å²) < 4.78 is 10.3. The highest BCUT2D eigenvalue weighted by atomic mass is 16.5. The van der Waals surface area contributed by atoms with Crippen molar-refractivity contribution in [3.8, 4) is 0 Å². The van der Waals surface area contributed by atoms with E-state index in [9.17, 15) is 9.59 Å². The third-order valence-corrected chi connectivity index (χ3v) is 4.07. The summed E-state index contributed by atoms with van der Waals surface area (Å²) in [5.41, 5.74) is 0.692. The number of amides is 3.